The minimum atomic E-state index is -0.193. The van der Waals surface area contributed by atoms with Gasteiger partial charge in [0.1, 0.15) is 5.75 Å². The van der Waals surface area contributed by atoms with E-state index in [9.17, 15) is 14.7 Å². The van der Waals surface area contributed by atoms with Crippen LogP contribution < -0.4 is 5.69 Å². The van der Waals surface area contributed by atoms with Crippen molar-refractivity contribution < 1.29 is 9.90 Å². The highest BCUT2D eigenvalue weighted by atomic mass is 32.2. The Morgan fingerprint density at radius 3 is 2.95 bits per heavy atom. The van der Waals surface area contributed by atoms with Gasteiger partial charge in [-0.15, -0.1) is 5.10 Å². The molecule has 2 N–H and O–H groups in total. The molecule has 0 atom stereocenters. The number of hydrogen-bond acceptors (Lipinski definition) is 5. The summed E-state index contributed by atoms with van der Waals surface area (Å²) < 4.78 is 1.66. The maximum absolute atomic E-state index is 11.7. The van der Waals surface area contributed by atoms with E-state index in [1.54, 1.807) is 16.7 Å². The van der Waals surface area contributed by atoms with Crippen LogP contribution in [-0.2, 0) is 5.75 Å². The SMILES string of the molecule is CC(=O)c1ccc(O)c(CSc2n[nH]c(=O)n2C2CC2)c1. The van der Waals surface area contributed by atoms with Crippen LogP contribution in [0.25, 0.3) is 0 Å². The summed E-state index contributed by atoms with van der Waals surface area (Å²) >= 11 is 1.37. The molecule has 0 bridgehead atoms. The number of phenolic OH excluding ortho intramolecular Hbond substituents is 1. The van der Waals surface area contributed by atoms with Gasteiger partial charge in [0.15, 0.2) is 10.9 Å². The highest BCUT2D eigenvalue weighted by Crippen LogP contribution is 2.37. The number of hydrogen-bond donors (Lipinski definition) is 2. The molecule has 1 aliphatic rings. The van der Waals surface area contributed by atoms with Crippen molar-refractivity contribution in [2.45, 2.75) is 36.7 Å². The Kier molecular flexibility index (Phi) is 3.59. The number of nitrogens with zero attached hydrogens (tertiary/aromatic N) is 2. The van der Waals surface area contributed by atoms with E-state index >= 15 is 0 Å². The van der Waals surface area contributed by atoms with Gasteiger partial charge in [-0.2, -0.15) is 0 Å². The van der Waals surface area contributed by atoms with Crippen molar-refractivity contribution in [3.8, 4) is 5.75 Å². The van der Waals surface area contributed by atoms with Crippen LogP contribution in [0.4, 0.5) is 0 Å². The lowest BCUT2D eigenvalue weighted by Crippen LogP contribution is -2.16. The van der Waals surface area contributed by atoms with Crippen LogP contribution in [0.2, 0.25) is 0 Å². The number of aromatic amines is 1. The fraction of sp³-hybridized carbons (Fsp3) is 0.357. The number of ketones is 1. The summed E-state index contributed by atoms with van der Waals surface area (Å²) in [5.74, 6) is 0.545. The first-order chi connectivity index (χ1) is 10.1. The quantitative estimate of drug-likeness (QED) is 0.652. The molecule has 0 saturated heterocycles. The van der Waals surface area contributed by atoms with Gasteiger partial charge in [0, 0.05) is 22.9 Å². The van der Waals surface area contributed by atoms with Crippen LogP contribution >= 0.6 is 11.8 Å². The Labute approximate surface area is 125 Å². The van der Waals surface area contributed by atoms with Gasteiger partial charge < -0.3 is 5.11 Å². The van der Waals surface area contributed by atoms with Crippen molar-refractivity contribution in [3.63, 3.8) is 0 Å². The zero-order valence-electron chi connectivity index (χ0n) is 11.5. The van der Waals surface area contributed by atoms with Crippen LogP contribution in [0.5, 0.6) is 5.75 Å². The molecular formula is C14H15N3O3S. The lowest BCUT2D eigenvalue weighted by atomic mass is 10.1. The van der Waals surface area contributed by atoms with E-state index < -0.39 is 0 Å². The van der Waals surface area contributed by atoms with Crippen LogP contribution in [-0.4, -0.2) is 25.7 Å². The molecule has 7 heteroatoms. The van der Waals surface area contributed by atoms with Gasteiger partial charge in [0.2, 0.25) is 0 Å². The fourth-order valence-electron chi connectivity index (χ4n) is 2.11. The smallest absolute Gasteiger partial charge is 0.344 e. The monoisotopic (exact) mass is 305 g/mol. The Morgan fingerprint density at radius 2 is 2.29 bits per heavy atom. The summed E-state index contributed by atoms with van der Waals surface area (Å²) in [5, 5.41) is 17.0. The largest absolute Gasteiger partial charge is 0.508 e. The van der Waals surface area contributed by atoms with E-state index in [0.29, 0.717) is 22.0 Å². The minimum absolute atomic E-state index is 0.0455. The highest BCUT2D eigenvalue weighted by molar-refractivity contribution is 7.98. The lowest BCUT2D eigenvalue weighted by molar-refractivity contribution is 0.101. The number of aromatic hydroxyl groups is 1. The standard InChI is InChI=1S/C14H15N3O3S/c1-8(18)9-2-5-12(19)10(6-9)7-21-14-16-15-13(20)17(14)11-3-4-11/h2,5-6,11,19H,3-4,7H2,1H3,(H,15,20). The molecule has 1 fully saturated rings. The molecule has 6 nitrogen and oxygen atoms in total. The van der Waals surface area contributed by atoms with Crippen LogP contribution in [0, 0.1) is 0 Å². The number of H-pyrrole nitrogens is 1. The second kappa shape index (κ2) is 5.40. The molecule has 1 heterocycles. The average molecular weight is 305 g/mol. The second-order valence-electron chi connectivity index (χ2n) is 5.10. The maximum Gasteiger partial charge on any atom is 0.344 e. The van der Waals surface area contributed by atoms with Gasteiger partial charge in [-0.25, -0.2) is 9.89 Å². The summed E-state index contributed by atoms with van der Waals surface area (Å²) in [7, 11) is 0. The van der Waals surface area contributed by atoms with Crippen molar-refractivity contribution >= 4 is 17.5 Å². The molecule has 110 valence electrons. The molecule has 1 aliphatic carbocycles. The number of Topliss-reactive ketones (excluding diaryl/α,β-unsaturated/α-hetero) is 1. The average Bonchev–Trinajstić information content (AvgIpc) is 3.21. The number of rotatable bonds is 5. The summed E-state index contributed by atoms with van der Waals surface area (Å²) in [6.07, 6.45) is 2.00. The van der Waals surface area contributed by atoms with Crippen LogP contribution in [0.3, 0.4) is 0 Å². The van der Waals surface area contributed by atoms with Crippen LogP contribution in [0.1, 0.15) is 41.7 Å². The summed E-state index contributed by atoms with van der Waals surface area (Å²) in [4.78, 5) is 23.1. The molecular weight excluding hydrogens is 290 g/mol. The van der Waals surface area contributed by atoms with E-state index in [1.165, 1.54) is 24.8 Å². The van der Waals surface area contributed by atoms with Gasteiger partial charge in [0.05, 0.1) is 0 Å². The molecule has 0 spiro atoms. The maximum atomic E-state index is 11.7. The molecule has 1 aromatic heterocycles. The van der Waals surface area contributed by atoms with E-state index in [2.05, 4.69) is 10.2 Å². The van der Waals surface area contributed by atoms with Gasteiger partial charge in [-0.1, -0.05) is 11.8 Å². The summed E-state index contributed by atoms with van der Waals surface area (Å²) in [6.45, 7) is 1.49. The lowest BCUT2D eigenvalue weighted by Gasteiger charge is -2.07. The van der Waals surface area contributed by atoms with Gasteiger partial charge in [0.25, 0.3) is 0 Å². The number of aromatic nitrogens is 3. The zero-order chi connectivity index (χ0) is 15.0. The Hall–Kier alpha value is -2.02. The van der Waals surface area contributed by atoms with E-state index in [0.717, 1.165) is 12.8 Å². The number of nitrogens with one attached hydrogen (secondary N) is 1. The summed E-state index contributed by atoms with van der Waals surface area (Å²) in [6, 6.07) is 5.04. The third kappa shape index (κ3) is 2.87. The Morgan fingerprint density at radius 1 is 1.52 bits per heavy atom. The van der Waals surface area contributed by atoms with Crippen molar-refractivity contribution in [1.82, 2.24) is 14.8 Å². The molecule has 1 aromatic carbocycles. The first kappa shape index (κ1) is 13.9. The predicted molar refractivity (Wildman–Crippen MR) is 78.8 cm³/mol. The molecule has 21 heavy (non-hydrogen) atoms. The first-order valence-electron chi connectivity index (χ1n) is 6.69. The normalized spacial score (nSPS) is 14.3. The van der Waals surface area contributed by atoms with E-state index in [1.807, 2.05) is 0 Å². The molecule has 3 rings (SSSR count). The van der Waals surface area contributed by atoms with E-state index in [-0.39, 0.29) is 23.3 Å². The van der Waals surface area contributed by atoms with E-state index in [4.69, 9.17) is 0 Å². The Balaban J connectivity index is 1.80. The molecule has 2 aromatic rings. The fourth-order valence-corrected chi connectivity index (χ4v) is 3.11. The number of carbonyl (C=O) groups excluding carboxylic acids is 1. The first-order valence-corrected chi connectivity index (χ1v) is 7.67. The predicted octanol–water partition coefficient (Wildman–Crippen LogP) is 2.11. The van der Waals surface area contributed by atoms with Gasteiger partial charge in [-0.3, -0.25) is 9.36 Å². The van der Waals surface area contributed by atoms with Crippen LogP contribution in [0.15, 0.2) is 28.2 Å². The number of phenols is 1. The molecule has 0 aliphatic heterocycles. The van der Waals surface area contributed by atoms with Crippen molar-refractivity contribution in [2.75, 3.05) is 0 Å². The van der Waals surface area contributed by atoms with Gasteiger partial charge in [-0.05, 0) is 38.0 Å². The number of benzene rings is 1. The summed E-state index contributed by atoms with van der Waals surface area (Å²) in [5.41, 5.74) is 1.03. The topological polar surface area (TPSA) is 88.0 Å². The number of thioether (sulfide) groups is 1. The molecule has 0 amide bonds. The molecule has 1 saturated carbocycles. The third-order valence-corrected chi connectivity index (χ3v) is 4.43. The second-order valence-corrected chi connectivity index (χ2v) is 6.04. The zero-order valence-corrected chi connectivity index (χ0v) is 12.3. The third-order valence-electron chi connectivity index (χ3n) is 3.43. The van der Waals surface area contributed by atoms with Crippen molar-refractivity contribution in [2.24, 2.45) is 0 Å². The number of carbonyl (C=O) groups is 1. The van der Waals surface area contributed by atoms with Gasteiger partial charge >= 0.3 is 5.69 Å². The highest BCUT2D eigenvalue weighted by Gasteiger charge is 2.28. The minimum Gasteiger partial charge on any atom is -0.508 e. The Bertz CT molecular complexity index is 746. The van der Waals surface area contributed by atoms with Crippen molar-refractivity contribution in [3.05, 3.63) is 39.8 Å². The molecule has 0 unspecified atom stereocenters. The molecule has 0 radical (unpaired) electrons. The van der Waals surface area contributed by atoms with Crippen molar-refractivity contribution in [1.29, 1.82) is 0 Å².